The lowest BCUT2D eigenvalue weighted by Gasteiger charge is -2.16. The molecule has 0 unspecified atom stereocenters. The molecule has 1 N–H and O–H groups in total. The van der Waals surface area contributed by atoms with Crippen molar-refractivity contribution < 1.29 is 4.79 Å². The molecule has 88 valence electrons. The van der Waals surface area contributed by atoms with Gasteiger partial charge in [-0.1, -0.05) is 6.07 Å². The van der Waals surface area contributed by atoms with Gasteiger partial charge in [0.2, 0.25) is 12.4 Å². The van der Waals surface area contributed by atoms with Crippen LogP contribution in [-0.2, 0) is 24.7 Å². The van der Waals surface area contributed by atoms with Crippen LogP contribution < -0.4 is 5.32 Å². The first-order valence-electron chi connectivity index (χ1n) is 5.98. The Balaban J connectivity index is 2.27. The molecule has 0 saturated heterocycles. The lowest BCUT2D eigenvalue weighted by molar-refractivity contribution is -0.105. The molecule has 17 heavy (non-hydrogen) atoms. The Morgan fingerprint density at radius 3 is 3.00 bits per heavy atom. The van der Waals surface area contributed by atoms with Gasteiger partial charge < -0.3 is 4.57 Å². The average molecular weight is 229 g/mol. The van der Waals surface area contributed by atoms with E-state index in [1.165, 1.54) is 29.5 Å². The molecule has 1 aromatic heterocycles. The largest absolute Gasteiger partial charge is 0.313 e. The quantitative estimate of drug-likeness (QED) is 0.801. The highest BCUT2D eigenvalue weighted by atomic mass is 16.1. The molecule has 1 aliphatic rings. The van der Waals surface area contributed by atoms with Gasteiger partial charge in [0, 0.05) is 7.05 Å². The maximum Gasteiger partial charge on any atom is 0.213 e. The highest BCUT2D eigenvalue weighted by Crippen LogP contribution is 2.30. The van der Waals surface area contributed by atoms with Crippen LogP contribution in [0.15, 0.2) is 12.1 Å². The Kier molecular flexibility index (Phi) is 2.35. The van der Waals surface area contributed by atoms with E-state index in [0.29, 0.717) is 12.4 Å². The second kappa shape index (κ2) is 3.87. The minimum Gasteiger partial charge on any atom is -0.313 e. The van der Waals surface area contributed by atoms with Crippen molar-refractivity contribution in [3.63, 3.8) is 0 Å². The Labute approximate surface area is 99.6 Å². The number of nitrogens with one attached hydrogen (secondary N) is 1. The Bertz CT molecular complexity index is 586. The molecule has 0 aliphatic heterocycles. The average Bonchev–Trinajstić information content (AvgIpc) is 2.67. The summed E-state index contributed by atoms with van der Waals surface area (Å²) in [6.07, 6.45) is 5.47. The number of benzene rings is 1. The Morgan fingerprint density at radius 2 is 2.18 bits per heavy atom. The first kappa shape index (κ1) is 10.3. The van der Waals surface area contributed by atoms with Crippen LogP contribution in [-0.4, -0.2) is 16.0 Å². The van der Waals surface area contributed by atoms with Crippen LogP contribution in [0.4, 0.5) is 5.95 Å². The summed E-state index contributed by atoms with van der Waals surface area (Å²) in [5.74, 6) is 0.619. The molecule has 0 saturated carbocycles. The predicted octanol–water partition coefficient (Wildman–Crippen LogP) is 2.02. The molecule has 0 bridgehead atoms. The maximum atomic E-state index is 10.5. The van der Waals surface area contributed by atoms with E-state index in [1.807, 2.05) is 11.6 Å². The normalized spacial score (nSPS) is 14.6. The van der Waals surface area contributed by atoms with Gasteiger partial charge in [-0.05, 0) is 42.9 Å². The predicted molar refractivity (Wildman–Crippen MR) is 67.0 cm³/mol. The number of rotatable bonds is 2. The summed E-state index contributed by atoms with van der Waals surface area (Å²) in [5, 5.41) is 2.64. The van der Waals surface area contributed by atoms with Crippen molar-refractivity contribution in [2.75, 3.05) is 5.32 Å². The van der Waals surface area contributed by atoms with Gasteiger partial charge in [-0.15, -0.1) is 0 Å². The van der Waals surface area contributed by atoms with Gasteiger partial charge >= 0.3 is 0 Å². The zero-order valence-corrected chi connectivity index (χ0v) is 9.86. The fraction of sp³-hybridized carbons (Fsp3) is 0.385. The third-order valence-corrected chi connectivity index (χ3v) is 3.55. The summed E-state index contributed by atoms with van der Waals surface area (Å²) in [7, 11) is 1.95. The van der Waals surface area contributed by atoms with Crippen LogP contribution in [0.25, 0.3) is 11.0 Å². The molecule has 4 heteroatoms. The van der Waals surface area contributed by atoms with E-state index in [1.54, 1.807) is 0 Å². The number of aromatic nitrogens is 2. The third kappa shape index (κ3) is 1.52. The summed E-state index contributed by atoms with van der Waals surface area (Å²) in [5.41, 5.74) is 4.98. The SMILES string of the molecule is Cn1c(NC=O)nc2ccc3c(c21)CCCC3. The van der Waals surface area contributed by atoms with Gasteiger partial charge in [0.05, 0.1) is 11.0 Å². The number of nitrogens with zero attached hydrogens (tertiary/aromatic N) is 2. The van der Waals surface area contributed by atoms with Crippen molar-refractivity contribution in [1.82, 2.24) is 9.55 Å². The molecule has 1 aliphatic carbocycles. The van der Waals surface area contributed by atoms with E-state index in [9.17, 15) is 4.79 Å². The van der Waals surface area contributed by atoms with E-state index < -0.39 is 0 Å². The molecule has 2 aromatic rings. The number of carbonyl (C=O) groups excluding carboxylic acids is 1. The molecule has 0 fully saturated rings. The maximum absolute atomic E-state index is 10.5. The number of hydrogen-bond donors (Lipinski definition) is 1. The van der Waals surface area contributed by atoms with Crippen LogP contribution in [0.5, 0.6) is 0 Å². The van der Waals surface area contributed by atoms with Gasteiger partial charge in [0.15, 0.2) is 0 Å². The molecule has 1 amide bonds. The van der Waals surface area contributed by atoms with Crippen molar-refractivity contribution in [3.05, 3.63) is 23.3 Å². The molecule has 1 aromatic carbocycles. The van der Waals surface area contributed by atoms with Gasteiger partial charge in [-0.3, -0.25) is 10.1 Å². The Hall–Kier alpha value is -1.84. The van der Waals surface area contributed by atoms with Crippen LogP contribution in [0, 0.1) is 0 Å². The monoisotopic (exact) mass is 229 g/mol. The van der Waals surface area contributed by atoms with Gasteiger partial charge in [-0.2, -0.15) is 0 Å². The van der Waals surface area contributed by atoms with Gasteiger partial charge in [0.1, 0.15) is 0 Å². The molecule has 4 nitrogen and oxygen atoms in total. The highest BCUT2D eigenvalue weighted by molar-refractivity contribution is 5.85. The topological polar surface area (TPSA) is 46.9 Å². The summed E-state index contributed by atoms with van der Waals surface area (Å²) < 4.78 is 1.98. The molecule has 0 radical (unpaired) electrons. The summed E-state index contributed by atoms with van der Waals surface area (Å²) in [4.78, 5) is 15.0. The fourth-order valence-electron chi connectivity index (χ4n) is 2.74. The summed E-state index contributed by atoms with van der Waals surface area (Å²) in [6, 6.07) is 4.23. The lowest BCUT2D eigenvalue weighted by atomic mass is 9.91. The minimum absolute atomic E-state index is 0.619. The van der Waals surface area contributed by atoms with Gasteiger partial charge in [0.25, 0.3) is 0 Å². The van der Waals surface area contributed by atoms with Crippen molar-refractivity contribution in [2.45, 2.75) is 25.7 Å². The molecular formula is C13H15N3O. The first-order chi connectivity index (χ1) is 8.31. The number of amides is 1. The van der Waals surface area contributed by atoms with Crippen molar-refractivity contribution in [2.24, 2.45) is 7.05 Å². The fourth-order valence-corrected chi connectivity index (χ4v) is 2.74. The van der Waals surface area contributed by atoms with Crippen molar-refractivity contribution in [3.8, 4) is 0 Å². The highest BCUT2D eigenvalue weighted by Gasteiger charge is 2.17. The molecular weight excluding hydrogens is 214 g/mol. The van der Waals surface area contributed by atoms with E-state index in [-0.39, 0.29) is 0 Å². The number of fused-ring (bicyclic) bond motifs is 3. The zero-order chi connectivity index (χ0) is 11.8. The molecule has 1 heterocycles. The smallest absolute Gasteiger partial charge is 0.213 e. The lowest BCUT2D eigenvalue weighted by Crippen LogP contribution is -2.06. The first-order valence-corrected chi connectivity index (χ1v) is 5.98. The van der Waals surface area contributed by atoms with E-state index in [4.69, 9.17) is 0 Å². The number of carbonyl (C=O) groups is 1. The van der Waals surface area contributed by atoms with Crippen LogP contribution >= 0.6 is 0 Å². The van der Waals surface area contributed by atoms with Gasteiger partial charge in [-0.25, -0.2) is 4.98 Å². The number of imidazole rings is 1. The molecule has 3 rings (SSSR count). The van der Waals surface area contributed by atoms with Crippen LogP contribution in [0.3, 0.4) is 0 Å². The van der Waals surface area contributed by atoms with Crippen molar-refractivity contribution >= 4 is 23.4 Å². The second-order valence-electron chi connectivity index (χ2n) is 4.53. The van der Waals surface area contributed by atoms with Crippen LogP contribution in [0.2, 0.25) is 0 Å². The molecule has 0 spiro atoms. The summed E-state index contributed by atoms with van der Waals surface area (Å²) >= 11 is 0. The Morgan fingerprint density at radius 1 is 1.35 bits per heavy atom. The van der Waals surface area contributed by atoms with E-state index in [0.717, 1.165) is 18.4 Å². The minimum atomic E-state index is 0.619. The van der Waals surface area contributed by atoms with Crippen molar-refractivity contribution in [1.29, 1.82) is 0 Å². The standard InChI is InChI=1S/C13H15N3O/c1-16-12-10-5-3-2-4-9(10)6-7-11(12)15-13(16)14-8-17/h6-8H,2-5H2,1H3,(H,14,15,17). The van der Waals surface area contributed by atoms with E-state index >= 15 is 0 Å². The second-order valence-corrected chi connectivity index (χ2v) is 4.53. The van der Waals surface area contributed by atoms with Crippen LogP contribution in [0.1, 0.15) is 24.0 Å². The number of aryl methyl sites for hydroxylation is 3. The number of hydrogen-bond acceptors (Lipinski definition) is 2. The van der Waals surface area contributed by atoms with E-state index in [2.05, 4.69) is 22.4 Å². The molecule has 0 atom stereocenters. The summed E-state index contributed by atoms with van der Waals surface area (Å²) in [6.45, 7) is 0. The zero-order valence-electron chi connectivity index (χ0n) is 9.86. The third-order valence-electron chi connectivity index (χ3n) is 3.55. The number of anilines is 1.